The maximum absolute atomic E-state index is 13.1. The van der Waals surface area contributed by atoms with Gasteiger partial charge >= 0.3 is 0 Å². The van der Waals surface area contributed by atoms with Crippen molar-refractivity contribution in [1.29, 1.82) is 0 Å². The summed E-state index contributed by atoms with van der Waals surface area (Å²) in [6, 6.07) is 3.31. The van der Waals surface area contributed by atoms with Gasteiger partial charge in [0.25, 0.3) is 5.91 Å². The van der Waals surface area contributed by atoms with Crippen LogP contribution in [0.15, 0.2) is 29.0 Å². The topological polar surface area (TPSA) is 80.7 Å². The molecule has 0 aromatic carbocycles. The fraction of sp³-hybridized carbons (Fsp3) is 0.556. The molecule has 4 rings (SSSR count). The van der Waals surface area contributed by atoms with Crippen molar-refractivity contribution in [1.82, 2.24) is 14.7 Å². The summed E-state index contributed by atoms with van der Waals surface area (Å²) in [5, 5.41) is 14.8. The lowest BCUT2D eigenvalue weighted by Crippen LogP contribution is -2.49. The maximum atomic E-state index is 13.1. The van der Waals surface area contributed by atoms with Gasteiger partial charge in [-0.3, -0.25) is 9.48 Å². The second-order valence-corrected chi connectivity index (χ2v) is 6.68. The average Bonchev–Trinajstić information content (AvgIpc) is 3.31. The number of hydrogen-bond donors (Lipinski definition) is 1. The Morgan fingerprint density at radius 2 is 2.32 bits per heavy atom. The molecule has 1 N–H and O–H groups in total. The summed E-state index contributed by atoms with van der Waals surface area (Å²) in [5.41, 5.74) is 1.73. The van der Waals surface area contributed by atoms with Gasteiger partial charge in [-0.25, -0.2) is 0 Å². The second-order valence-electron chi connectivity index (χ2n) is 6.68. The molecule has 1 amide bonds. The number of aryl methyl sites for hydroxylation is 1. The van der Waals surface area contributed by atoms with Crippen LogP contribution in [0.1, 0.15) is 47.2 Å². The predicted molar refractivity (Wildman–Crippen MR) is 89.1 cm³/mol. The van der Waals surface area contributed by atoms with Crippen molar-refractivity contribution in [3.05, 3.63) is 41.6 Å². The lowest BCUT2D eigenvalue weighted by molar-refractivity contribution is -0.0196. The van der Waals surface area contributed by atoms with Crippen molar-refractivity contribution in [3.8, 4) is 0 Å². The Morgan fingerprint density at radius 3 is 3.16 bits per heavy atom. The third-order valence-corrected chi connectivity index (χ3v) is 5.07. The number of hydrogen-bond acceptors (Lipinski definition) is 5. The number of ether oxygens (including phenoxy) is 1. The van der Waals surface area contributed by atoms with Crippen LogP contribution in [0.2, 0.25) is 0 Å². The Kier molecular flexibility index (Phi) is 4.59. The van der Waals surface area contributed by atoms with Gasteiger partial charge in [-0.2, -0.15) is 5.10 Å². The van der Waals surface area contributed by atoms with Gasteiger partial charge in [-0.15, -0.1) is 0 Å². The van der Waals surface area contributed by atoms with Gasteiger partial charge in [0.1, 0.15) is 11.9 Å². The number of aliphatic hydroxyl groups is 1. The normalized spacial score (nSPS) is 21.8. The van der Waals surface area contributed by atoms with E-state index in [9.17, 15) is 9.90 Å². The Morgan fingerprint density at radius 1 is 1.40 bits per heavy atom. The third-order valence-electron chi connectivity index (χ3n) is 5.07. The molecule has 2 aromatic rings. The summed E-state index contributed by atoms with van der Waals surface area (Å²) >= 11 is 0. The highest BCUT2D eigenvalue weighted by Gasteiger charge is 2.33. The molecule has 0 spiro atoms. The fourth-order valence-electron chi connectivity index (χ4n) is 3.73. The molecule has 2 atom stereocenters. The molecule has 134 valence electrons. The number of morpholine rings is 1. The summed E-state index contributed by atoms with van der Waals surface area (Å²) in [6.07, 6.45) is 5.97. The maximum Gasteiger partial charge on any atom is 0.257 e. The molecule has 0 saturated carbocycles. The van der Waals surface area contributed by atoms with Crippen molar-refractivity contribution in [2.75, 3.05) is 19.8 Å². The Balaban J connectivity index is 1.52. The van der Waals surface area contributed by atoms with E-state index in [1.54, 1.807) is 18.3 Å². The molecule has 0 bridgehead atoms. The van der Waals surface area contributed by atoms with Gasteiger partial charge in [0.2, 0.25) is 0 Å². The molecular weight excluding hydrogens is 322 g/mol. The number of furan rings is 1. The molecule has 0 aliphatic carbocycles. The molecular formula is C18H23N3O4. The zero-order chi connectivity index (χ0) is 17.2. The molecule has 4 heterocycles. The lowest BCUT2D eigenvalue weighted by Gasteiger charge is -2.36. The number of aromatic nitrogens is 2. The van der Waals surface area contributed by atoms with Crippen molar-refractivity contribution < 1.29 is 19.1 Å². The average molecular weight is 345 g/mol. The van der Waals surface area contributed by atoms with Gasteiger partial charge in [0.15, 0.2) is 0 Å². The monoisotopic (exact) mass is 345 g/mol. The number of fused-ring (bicyclic) bond motifs is 1. The van der Waals surface area contributed by atoms with Crippen LogP contribution >= 0.6 is 0 Å². The largest absolute Gasteiger partial charge is 0.467 e. The van der Waals surface area contributed by atoms with E-state index >= 15 is 0 Å². The molecule has 7 heteroatoms. The van der Waals surface area contributed by atoms with Gasteiger partial charge in [-0.1, -0.05) is 0 Å². The number of amides is 1. The molecule has 2 aliphatic heterocycles. The first-order valence-corrected chi connectivity index (χ1v) is 8.89. The smallest absolute Gasteiger partial charge is 0.257 e. The molecule has 2 aromatic heterocycles. The summed E-state index contributed by atoms with van der Waals surface area (Å²) in [6.45, 7) is 2.35. The van der Waals surface area contributed by atoms with Crippen molar-refractivity contribution in [3.63, 3.8) is 0 Å². The van der Waals surface area contributed by atoms with Crippen LogP contribution in [-0.4, -0.2) is 51.5 Å². The van der Waals surface area contributed by atoms with E-state index in [-0.39, 0.29) is 11.9 Å². The van der Waals surface area contributed by atoms with Crippen LogP contribution in [-0.2, 0) is 17.7 Å². The van der Waals surface area contributed by atoms with Gasteiger partial charge in [-0.05, 0) is 31.4 Å². The first-order valence-electron chi connectivity index (χ1n) is 8.89. The molecule has 1 fully saturated rings. The summed E-state index contributed by atoms with van der Waals surface area (Å²) in [4.78, 5) is 14.9. The molecule has 1 saturated heterocycles. The first kappa shape index (κ1) is 16.4. The standard InChI is InChI=1S/C18H23N3O4/c22-16(17-5-3-8-25-17)10-13-12-24-9-7-20(13)18(23)14-11-19-21-6-2-1-4-15(14)21/h3,5,8,11,13,16,22H,1-2,4,6-7,9-10,12H2/t13-,16+/m1/s1. The van der Waals surface area contributed by atoms with Crippen LogP contribution in [0.4, 0.5) is 0 Å². The highest BCUT2D eigenvalue weighted by molar-refractivity contribution is 5.95. The predicted octanol–water partition coefficient (Wildman–Crippen LogP) is 1.78. The number of rotatable bonds is 4. The third kappa shape index (κ3) is 3.21. The highest BCUT2D eigenvalue weighted by Crippen LogP contribution is 2.26. The van der Waals surface area contributed by atoms with E-state index in [0.29, 0.717) is 37.5 Å². The summed E-state index contributed by atoms with van der Waals surface area (Å²) < 4.78 is 12.8. The van der Waals surface area contributed by atoms with Crippen LogP contribution in [0.25, 0.3) is 0 Å². The van der Waals surface area contributed by atoms with E-state index in [1.165, 1.54) is 6.26 Å². The van der Waals surface area contributed by atoms with Crippen molar-refractivity contribution >= 4 is 5.91 Å². The van der Waals surface area contributed by atoms with Crippen molar-refractivity contribution in [2.45, 2.75) is 44.4 Å². The SMILES string of the molecule is O=C(c1cnn2c1CCCC2)N1CCOC[C@H]1C[C@H](O)c1ccco1. The van der Waals surface area contributed by atoms with Gasteiger partial charge in [0.05, 0.1) is 43.0 Å². The number of carbonyl (C=O) groups excluding carboxylic acids is 1. The van der Waals surface area contributed by atoms with E-state index in [1.807, 2.05) is 9.58 Å². The lowest BCUT2D eigenvalue weighted by atomic mass is 10.0. The molecule has 25 heavy (non-hydrogen) atoms. The van der Waals surface area contributed by atoms with Crippen LogP contribution in [0.3, 0.4) is 0 Å². The summed E-state index contributed by atoms with van der Waals surface area (Å²) in [7, 11) is 0. The second kappa shape index (κ2) is 7.01. The van der Waals surface area contributed by atoms with Gasteiger partial charge < -0.3 is 19.2 Å². The Bertz CT molecular complexity index is 725. The van der Waals surface area contributed by atoms with E-state index in [2.05, 4.69) is 5.10 Å². The van der Waals surface area contributed by atoms with Gasteiger partial charge in [0, 0.05) is 19.5 Å². The molecule has 2 aliphatic rings. The molecule has 7 nitrogen and oxygen atoms in total. The minimum absolute atomic E-state index is 0.0110. The Hall–Kier alpha value is -2.12. The van der Waals surface area contributed by atoms with Crippen molar-refractivity contribution in [2.24, 2.45) is 0 Å². The zero-order valence-electron chi connectivity index (χ0n) is 14.1. The number of carbonyl (C=O) groups is 1. The minimum atomic E-state index is -0.752. The number of aliphatic hydroxyl groups excluding tert-OH is 1. The van der Waals surface area contributed by atoms with E-state index in [0.717, 1.165) is 31.5 Å². The quantitative estimate of drug-likeness (QED) is 0.913. The van der Waals surface area contributed by atoms with E-state index in [4.69, 9.17) is 9.15 Å². The number of nitrogens with zero attached hydrogens (tertiary/aromatic N) is 3. The van der Waals surface area contributed by atoms with Crippen LogP contribution < -0.4 is 0 Å². The summed E-state index contributed by atoms with van der Waals surface area (Å²) in [5.74, 6) is 0.504. The van der Waals surface area contributed by atoms with Crippen LogP contribution in [0.5, 0.6) is 0 Å². The fourth-order valence-corrected chi connectivity index (χ4v) is 3.73. The molecule has 0 unspecified atom stereocenters. The first-order chi connectivity index (χ1) is 12.2. The Labute approximate surface area is 146 Å². The molecule has 0 radical (unpaired) electrons. The zero-order valence-corrected chi connectivity index (χ0v) is 14.1. The highest BCUT2D eigenvalue weighted by atomic mass is 16.5. The van der Waals surface area contributed by atoms with E-state index < -0.39 is 6.10 Å². The minimum Gasteiger partial charge on any atom is -0.467 e. The van der Waals surface area contributed by atoms with Crippen LogP contribution in [0, 0.1) is 0 Å².